The van der Waals surface area contributed by atoms with Crippen molar-refractivity contribution in [3.05, 3.63) is 24.3 Å². The first kappa shape index (κ1) is 13.1. The Morgan fingerprint density at radius 2 is 2.00 bits per heavy atom. The van der Waals surface area contributed by atoms with Crippen LogP contribution in [0.15, 0.2) is 29.3 Å². The molecule has 0 aromatic heterocycles. The summed E-state index contributed by atoms with van der Waals surface area (Å²) in [5.41, 5.74) is 2.37. The van der Waals surface area contributed by atoms with E-state index in [-0.39, 0.29) is 0 Å². The van der Waals surface area contributed by atoms with Crippen molar-refractivity contribution in [1.82, 2.24) is 5.32 Å². The van der Waals surface area contributed by atoms with E-state index >= 15 is 0 Å². The monoisotopic (exact) mass is 264 g/mol. The van der Waals surface area contributed by atoms with Crippen LogP contribution in [0.4, 0.5) is 11.4 Å². The van der Waals surface area contributed by atoms with Crippen LogP contribution in [0.2, 0.25) is 0 Å². The summed E-state index contributed by atoms with van der Waals surface area (Å²) in [6.07, 6.45) is 0. The molecule has 0 amide bonds. The van der Waals surface area contributed by atoms with Crippen LogP contribution in [0.5, 0.6) is 0 Å². The molecule has 1 aromatic rings. The highest BCUT2D eigenvalue weighted by Gasteiger charge is 2.14. The van der Waals surface area contributed by atoms with Gasteiger partial charge < -0.3 is 15.5 Å². The first-order chi connectivity index (χ1) is 8.85. The summed E-state index contributed by atoms with van der Waals surface area (Å²) in [5.74, 6) is 3.19. The van der Waals surface area contributed by atoms with Crippen LogP contribution in [0.1, 0.15) is 0 Å². The summed E-state index contributed by atoms with van der Waals surface area (Å²) >= 11 is 2.02. The second-order valence-corrected chi connectivity index (χ2v) is 5.29. The lowest BCUT2D eigenvalue weighted by Gasteiger charge is -2.30. The SMILES string of the molecule is CN=C(NC)Nc1ccccc1N1CCSCC1. The van der Waals surface area contributed by atoms with E-state index in [1.54, 1.807) is 7.05 Å². The van der Waals surface area contributed by atoms with Gasteiger partial charge in [0.05, 0.1) is 11.4 Å². The quantitative estimate of drug-likeness (QED) is 0.632. The molecule has 4 nitrogen and oxygen atoms in total. The molecule has 0 bridgehead atoms. The number of para-hydroxylation sites is 2. The average molecular weight is 264 g/mol. The van der Waals surface area contributed by atoms with Gasteiger partial charge in [-0.1, -0.05) is 12.1 Å². The number of hydrogen-bond acceptors (Lipinski definition) is 3. The average Bonchev–Trinajstić information content (AvgIpc) is 2.46. The molecule has 0 unspecified atom stereocenters. The highest BCUT2D eigenvalue weighted by molar-refractivity contribution is 7.99. The zero-order valence-corrected chi connectivity index (χ0v) is 11.8. The van der Waals surface area contributed by atoms with Crippen LogP contribution in [-0.2, 0) is 0 Å². The maximum Gasteiger partial charge on any atom is 0.195 e. The van der Waals surface area contributed by atoms with Crippen LogP contribution >= 0.6 is 11.8 Å². The number of anilines is 2. The molecule has 1 aliphatic heterocycles. The topological polar surface area (TPSA) is 39.7 Å². The Bertz CT molecular complexity index is 413. The summed E-state index contributed by atoms with van der Waals surface area (Å²) in [6.45, 7) is 2.23. The number of guanidine groups is 1. The fourth-order valence-electron chi connectivity index (χ4n) is 2.02. The van der Waals surface area contributed by atoms with Gasteiger partial charge in [0.2, 0.25) is 0 Å². The molecule has 1 aromatic carbocycles. The predicted molar refractivity (Wildman–Crippen MR) is 82.0 cm³/mol. The van der Waals surface area contributed by atoms with Gasteiger partial charge in [-0.05, 0) is 12.1 Å². The summed E-state index contributed by atoms with van der Waals surface area (Å²) in [5, 5.41) is 6.38. The zero-order chi connectivity index (χ0) is 12.8. The molecule has 1 fully saturated rings. The molecule has 1 heterocycles. The Morgan fingerprint density at radius 3 is 2.67 bits per heavy atom. The number of benzene rings is 1. The fraction of sp³-hybridized carbons (Fsp3) is 0.462. The summed E-state index contributed by atoms with van der Waals surface area (Å²) in [7, 11) is 3.65. The third-order valence-corrected chi connectivity index (χ3v) is 3.91. The van der Waals surface area contributed by atoms with E-state index in [0.717, 1.165) is 24.7 Å². The smallest absolute Gasteiger partial charge is 0.195 e. The van der Waals surface area contributed by atoms with Gasteiger partial charge >= 0.3 is 0 Å². The molecule has 0 saturated carbocycles. The molecule has 0 aliphatic carbocycles. The van der Waals surface area contributed by atoms with E-state index in [4.69, 9.17) is 0 Å². The molecular weight excluding hydrogens is 244 g/mol. The maximum atomic E-state index is 4.16. The number of thioether (sulfide) groups is 1. The summed E-state index contributed by atoms with van der Waals surface area (Å²) < 4.78 is 0. The van der Waals surface area contributed by atoms with Gasteiger partial charge in [0.1, 0.15) is 0 Å². The second-order valence-electron chi connectivity index (χ2n) is 4.06. The lowest BCUT2D eigenvalue weighted by Crippen LogP contribution is -2.34. The van der Waals surface area contributed by atoms with E-state index in [1.807, 2.05) is 24.9 Å². The minimum atomic E-state index is 0.786. The summed E-state index contributed by atoms with van der Waals surface area (Å²) in [4.78, 5) is 6.59. The minimum absolute atomic E-state index is 0.786. The molecule has 1 saturated heterocycles. The van der Waals surface area contributed by atoms with Gasteiger partial charge in [0.25, 0.3) is 0 Å². The Hall–Kier alpha value is -1.36. The van der Waals surface area contributed by atoms with E-state index in [0.29, 0.717) is 0 Å². The Labute approximate surface area is 113 Å². The van der Waals surface area contributed by atoms with Crippen molar-refractivity contribution in [2.24, 2.45) is 4.99 Å². The van der Waals surface area contributed by atoms with Crippen molar-refractivity contribution in [1.29, 1.82) is 0 Å². The van der Waals surface area contributed by atoms with E-state index in [2.05, 4.69) is 38.7 Å². The third-order valence-electron chi connectivity index (χ3n) is 2.97. The van der Waals surface area contributed by atoms with Crippen molar-refractivity contribution >= 4 is 29.1 Å². The lowest BCUT2D eigenvalue weighted by atomic mass is 10.2. The van der Waals surface area contributed by atoms with Crippen molar-refractivity contribution in [2.75, 3.05) is 48.9 Å². The molecule has 18 heavy (non-hydrogen) atoms. The molecule has 0 spiro atoms. The first-order valence-corrected chi connectivity index (χ1v) is 7.34. The zero-order valence-electron chi connectivity index (χ0n) is 10.9. The van der Waals surface area contributed by atoms with Gasteiger partial charge in [-0.15, -0.1) is 0 Å². The normalized spacial score (nSPS) is 16.6. The van der Waals surface area contributed by atoms with Crippen LogP contribution in [0, 0.1) is 0 Å². The molecule has 0 radical (unpaired) electrons. The number of hydrogen-bond donors (Lipinski definition) is 2. The van der Waals surface area contributed by atoms with Crippen LogP contribution in [-0.4, -0.2) is 44.7 Å². The molecule has 2 rings (SSSR count). The Morgan fingerprint density at radius 1 is 1.28 bits per heavy atom. The molecule has 98 valence electrons. The van der Waals surface area contributed by atoms with Gasteiger partial charge in [-0.3, -0.25) is 4.99 Å². The number of nitrogens with one attached hydrogen (secondary N) is 2. The first-order valence-electron chi connectivity index (χ1n) is 6.18. The maximum absolute atomic E-state index is 4.16. The van der Waals surface area contributed by atoms with Crippen molar-refractivity contribution in [3.63, 3.8) is 0 Å². The molecule has 2 N–H and O–H groups in total. The van der Waals surface area contributed by atoms with E-state index in [9.17, 15) is 0 Å². The molecular formula is C13H20N4S. The summed E-state index contributed by atoms with van der Waals surface area (Å²) in [6, 6.07) is 8.40. The van der Waals surface area contributed by atoms with Crippen molar-refractivity contribution in [2.45, 2.75) is 0 Å². The van der Waals surface area contributed by atoms with Gasteiger partial charge in [-0.25, -0.2) is 0 Å². The van der Waals surface area contributed by atoms with Crippen LogP contribution in [0.3, 0.4) is 0 Å². The Balaban J connectivity index is 2.19. The molecule has 5 heteroatoms. The lowest BCUT2D eigenvalue weighted by molar-refractivity contribution is 0.860. The number of nitrogens with zero attached hydrogens (tertiary/aromatic N) is 2. The van der Waals surface area contributed by atoms with Gasteiger partial charge in [0, 0.05) is 38.7 Å². The Kier molecular flexibility index (Phi) is 4.75. The number of rotatable bonds is 2. The molecule has 1 aliphatic rings. The van der Waals surface area contributed by atoms with Crippen LogP contribution < -0.4 is 15.5 Å². The predicted octanol–water partition coefficient (Wildman–Crippen LogP) is 1.86. The van der Waals surface area contributed by atoms with Crippen LogP contribution in [0.25, 0.3) is 0 Å². The van der Waals surface area contributed by atoms with Crippen molar-refractivity contribution in [3.8, 4) is 0 Å². The minimum Gasteiger partial charge on any atom is -0.368 e. The number of aliphatic imine (C=N–C) groups is 1. The van der Waals surface area contributed by atoms with E-state index < -0.39 is 0 Å². The second kappa shape index (κ2) is 6.54. The molecule has 0 atom stereocenters. The van der Waals surface area contributed by atoms with Gasteiger partial charge in [0.15, 0.2) is 5.96 Å². The standard InChI is InChI=1S/C13H20N4S/c1-14-13(15-2)16-11-5-3-4-6-12(11)17-7-9-18-10-8-17/h3-6H,7-10H2,1-2H3,(H2,14,15,16). The largest absolute Gasteiger partial charge is 0.368 e. The van der Waals surface area contributed by atoms with Crippen molar-refractivity contribution < 1.29 is 0 Å². The highest BCUT2D eigenvalue weighted by Crippen LogP contribution is 2.27. The fourth-order valence-corrected chi connectivity index (χ4v) is 2.92. The third kappa shape index (κ3) is 3.10. The van der Waals surface area contributed by atoms with E-state index in [1.165, 1.54) is 17.2 Å². The van der Waals surface area contributed by atoms with Gasteiger partial charge in [-0.2, -0.15) is 11.8 Å². The highest BCUT2D eigenvalue weighted by atomic mass is 32.2.